The van der Waals surface area contributed by atoms with Gasteiger partial charge < -0.3 is 5.73 Å². The summed E-state index contributed by atoms with van der Waals surface area (Å²) in [7, 11) is 0. The van der Waals surface area contributed by atoms with Gasteiger partial charge in [-0.1, -0.05) is 45.4 Å². The third-order valence-corrected chi connectivity index (χ3v) is 3.27. The summed E-state index contributed by atoms with van der Waals surface area (Å²) in [6, 6.07) is 0.452. The molecule has 0 heterocycles. The van der Waals surface area contributed by atoms with Crippen LogP contribution in [0.15, 0.2) is 0 Å². The third kappa shape index (κ3) is 10.4. The second-order valence-electron chi connectivity index (χ2n) is 4.10. The van der Waals surface area contributed by atoms with Crippen LogP contribution in [0.1, 0.15) is 58.3 Å². The molecule has 0 rings (SSSR count). The van der Waals surface area contributed by atoms with Gasteiger partial charge in [-0.3, -0.25) is 0 Å². The molecule has 0 aliphatic heterocycles. The SMILES string of the molecule is CCCCCCCCC(N)CCSC. The van der Waals surface area contributed by atoms with Crippen molar-refractivity contribution in [2.45, 2.75) is 64.3 Å². The lowest BCUT2D eigenvalue weighted by molar-refractivity contribution is 0.528. The maximum Gasteiger partial charge on any atom is 0.00466 e. The highest BCUT2D eigenvalue weighted by Crippen LogP contribution is 2.10. The second kappa shape index (κ2) is 11.4. The Kier molecular flexibility index (Phi) is 11.6. The number of unbranched alkanes of at least 4 members (excludes halogenated alkanes) is 5. The smallest absolute Gasteiger partial charge is 0.00466 e. The van der Waals surface area contributed by atoms with Crippen LogP contribution in [0.25, 0.3) is 0 Å². The highest BCUT2D eigenvalue weighted by Gasteiger charge is 2.00. The molecule has 0 aromatic rings. The molecule has 0 bridgehead atoms. The fourth-order valence-electron chi connectivity index (χ4n) is 1.60. The van der Waals surface area contributed by atoms with Gasteiger partial charge in [-0.2, -0.15) is 11.8 Å². The van der Waals surface area contributed by atoms with Crippen molar-refractivity contribution in [2.75, 3.05) is 12.0 Å². The monoisotopic (exact) mass is 217 g/mol. The zero-order valence-electron chi connectivity index (χ0n) is 9.93. The van der Waals surface area contributed by atoms with E-state index in [9.17, 15) is 0 Å². The van der Waals surface area contributed by atoms with Gasteiger partial charge in [0.15, 0.2) is 0 Å². The molecule has 0 aromatic heterocycles. The summed E-state index contributed by atoms with van der Waals surface area (Å²) in [6.45, 7) is 2.26. The minimum absolute atomic E-state index is 0.452. The fraction of sp³-hybridized carbons (Fsp3) is 1.00. The highest BCUT2D eigenvalue weighted by atomic mass is 32.2. The Hall–Kier alpha value is 0.310. The van der Waals surface area contributed by atoms with Crippen LogP contribution in [-0.2, 0) is 0 Å². The van der Waals surface area contributed by atoms with Crippen LogP contribution in [0.2, 0.25) is 0 Å². The van der Waals surface area contributed by atoms with E-state index in [1.165, 1.54) is 57.1 Å². The van der Waals surface area contributed by atoms with Gasteiger partial charge in [0, 0.05) is 6.04 Å². The van der Waals surface area contributed by atoms with E-state index in [1.54, 1.807) is 0 Å². The van der Waals surface area contributed by atoms with Crippen LogP contribution < -0.4 is 5.73 Å². The predicted octanol–water partition coefficient (Wildman–Crippen LogP) is 3.82. The van der Waals surface area contributed by atoms with Crippen molar-refractivity contribution in [3.8, 4) is 0 Å². The lowest BCUT2D eigenvalue weighted by atomic mass is 10.0. The van der Waals surface area contributed by atoms with Gasteiger partial charge in [-0.25, -0.2) is 0 Å². The Morgan fingerprint density at radius 1 is 1.00 bits per heavy atom. The summed E-state index contributed by atoms with van der Waals surface area (Å²) in [5, 5.41) is 0. The Morgan fingerprint density at radius 2 is 1.64 bits per heavy atom. The highest BCUT2D eigenvalue weighted by molar-refractivity contribution is 7.98. The van der Waals surface area contributed by atoms with Crippen LogP contribution in [0.5, 0.6) is 0 Å². The molecule has 0 aliphatic rings. The molecule has 2 heteroatoms. The minimum atomic E-state index is 0.452. The van der Waals surface area contributed by atoms with E-state index < -0.39 is 0 Å². The van der Waals surface area contributed by atoms with Gasteiger partial charge in [0.05, 0.1) is 0 Å². The zero-order valence-corrected chi connectivity index (χ0v) is 10.7. The Labute approximate surface area is 94.2 Å². The van der Waals surface area contributed by atoms with Crippen LogP contribution in [0.3, 0.4) is 0 Å². The van der Waals surface area contributed by atoms with Crippen molar-refractivity contribution >= 4 is 11.8 Å². The van der Waals surface area contributed by atoms with Crippen molar-refractivity contribution in [3.63, 3.8) is 0 Å². The normalized spacial score (nSPS) is 13.1. The van der Waals surface area contributed by atoms with Crippen molar-refractivity contribution in [2.24, 2.45) is 5.73 Å². The fourth-order valence-corrected chi connectivity index (χ4v) is 2.14. The van der Waals surface area contributed by atoms with E-state index in [-0.39, 0.29) is 0 Å². The van der Waals surface area contributed by atoms with Gasteiger partial charge in [-0.15, -0.1) is 0 Å². The van der Waals surface area contributed by atoms with Crippen LogP contribution in [0.4, 0.5) is 0 Å². The molecule has 1 atom stereocenters. The lowest BCUT2D eigenvalue weighted by Gasteiger charge is -2.09. The van der Waals surface area contributed by atoms with E-state index in [0.29, 0.717) is 6.04 Å². The van der Waals surface area contributed by atoms with Gasteiger partial charge in [0.2, 0.25) is 0 Å². The molecule has 86 valence electrons. The van der Waals surface area contributed by atoms with Crippen molar-refractivity contribution < 1.29 is 0 Å². The second-order valence-corrected chi connectivity index (χ2v) is 5.08. The molecule has 0 aliphatic carbocycles. The number of nitrogens with two attached hydrogens (primary N) is 1. The molecule has 14 heavy (non-hydrogen) atoms. The lowest BCUT2D eigenvalue weighted by Crippen LogP contribution is -2.20. The molecule has 0 saturated carbocycles. The van der Waals surface area contributed by atoms with E-state index in [0.717, 1.165) is 0 Å². The molecule has 0 fully saturated rings. The average molecular weight is 217 g/mol. The third-order valence-electron chi connectivity index (χ3n) is 2.62. The first-order chi connectivity index (χ1) is 6.81. The predicted molar refractivity (Wildman–Crippen MR) is 69.0 cm³/mol. The summed E-state index contributed by atoms with van der Waals surface area (Å²) in [6.07, 6.45) is 12.8. The van der Waals surface area contributed by atoms with Crippen LogP contribution >= 0.6 is 11.8 Å². The van der Waals surface area contributed by atoms with Crippen molar-refractivity contribution in [1.29, 1.82) is 0 Å². The number of hydrogen-bond acceptors (Lipinski definition) is 2. The summed E-state index contributed by atoms with van der Waals surface area (Å²) < 4.78 is 0. The first-order valence-corrected chi connectivity index (χ1v) is 7.45. The Bertz CT molecular complexity index is 106. The maximum absolute atomic E-state index is 5.99. The van der Waals surface area contributed by atoms with Crippen LogP contribution in [0, 0.1) is 0 Å². The van der Waals surface area contributed by atoms with Crippen LogP contribution in [-0.4, -0.2) is 18.1 Å². The van der Waals surface area contributed by atoms with Crippen molar-refractivity contribution in [3.05, 3.63) is 0 Å². The maximum atomic E-state index is 5.99. The van der Waals surface area contributed by atoms with E-state index in [2.05, 4.69) is 13.2 Å². The zero-order chi connectivity index (χ0) is 10.6. The molecule has 0 saturated heterocycles. The number of hydrogen-bond donors (Lipinski definition) is 1. The largest absolute Gasteiger partial charge is 0.328 e. The first-order valence-electron chi connectivity index (χ1n) is 6.05. The summed E-state index contributed by atoms with van der Waals surface area (Å²) in [4.78, 5) is 0. The molecule has 0 aromatic carbocycles. The molecule has 0 radical (unpaired) electrons. The van der Waals surface area contributed by atoms with Gasteiger partial charge in [-0.05, 0) is 24.9 Å². The molecular formula is C12H27NS. The van der Waals surface area contributed by atoms with E-state index >= 15 is 0 Å². The minimum Gasteiger partial charge on any atom is -0.328 e. The summed E-state index contributed by atoms with van der Waals surface area (Å²) in [5.41, 5.74) is 5.99. The van der Waals surface area contributed by atoms with Gasteiger partial charge in [0.1, 0.15) is 0 Å². The summed E-state index contributed by atoms with van der Waals surface area (Å²) >= 11 is 1.90. The molecule has 1 nitrogen and oxygen atoms in total. The van der Waals surface area contributed by atoms with Crippen molar-refractivity contribution in [1.82, 2.24) is 0 Å². The number of thioether (sulfide) groups is 1. The topological polar surface area (TPSA) is 26.0 Å². The first kappa shape index (κ1) is 14.3. The van der Waals surface area contributed by atoms with E-state index in [4.69, 9.17) is 5.73 Å². The molecule has 1 unspecified atom stereocenters. The molecule has 2 N–H and O–H groups in total. The quantitative estimate of drug-likeness (QED) is 0.563. The molecule has 0 amide bonds. The average Bonchev–Trinajstić information content (AvgIpc) is 2.20. The number of rotatable bonds is 10. The van der Waals surface area contributed by atoms with Gasteiger partial charge >= 0.3 is 0 Å². The molecule has 0 spiro atoms. The standard InChI is InChI=1S/C12H27NS/c1-3-4-5-6-7-8-9-12(13)10-11-14-2/h12H,3-11,13H2,1-2H3. The Balaban J connectivity index is 3.02. The Morgan fingerprint density at radius 3 is 2.29 bits per heavy atom. The molecular weight excluding hydrogens is 190 g/mol. The van der Waals surface area contributed by atoms with Gasteiger partial charge in [0.25, 0.3) is 0 Å². The summed E-state index contributed by atoms with van der Waals surface area (Å²) in [5.74, 6) is 1.22. The van der Waals surface area contributed by atoms with E-state index in [1.807, 2.05) is 11.8 Å².